The minimum Gasteiger partial charge on any atom is -0.475 e. The molecule has 0 aromatic carbocycles. The average Bonchev–Trinajstić information content (AvgIpc) is 3.48. The molecule has 35 heavy (non-hydrogen) atoms. The molecule has 4 unspecified atom stereocenters. The number of carbonyl (C=O) groups excluding carboxylic acids is 1. The van der Waals surface area contributed by atoms with E-state index in [-0.39, 0.29) is 24.1 Å². The fourth-order valence-corrected chi connectivity index (χ4v) is 5.85. The molecular formula is C23H27N7O4S. The molecule has 0 aliphatic carbocycles. The second kappa shape index (κ2) is 8.26. The van der Waals surface area contributed by atoms with Crippen LogP contribution in [0.15, 0.2) is 18.3 Å². The number of pyridine rings is 1. The molecule has 3 aliphatic rings. The number of ether oxygens (including phenoxy) is 3. The van der Waals surface area contributed by atoms with Crippen molar-refractivity contribution in [2.45, 2.75) is 44.2 Å². The summed E-state index contributed by atoms with van der Waals surface area (Å²) in [5, 5.41) is 3.03. The summed E-state index contributed by atoms with van der Waals surface area (Å²) in [6.07, 6.45) is 2.26. The van der Waals surface area contributed by atoms with Crippen LogP contribution in [-0.2, 0) is 15.9 Å². The average molecular weight is 498 g/mol. The molecular weight excluding hydrogens is 470 g/mol. The zero-order chi connectivity index (χ0) is 24.3. The number of anilines is 2. The molecule has 1 amide bonds. The zero-order valence-electron chi connectivity index (χ0n) is 19.5. The van der Waals surface area contributed by atoms with E-state index in [9.17, 15) is 4.79 Å². The Morgan fingerprint density at radius 1 is 1.31 bits per heavy atom. The topological polar surface area (TPSA) is 151 Å². The van der Waals surface area contributed by atoms with Gasteiger partial charge in [0.15, 0.2) is 0 Å². The van der Waals surface area contributed by atoms with Crippen LogP contribution in [0.5, 0.6) is 5.88 Å². The fourth-order valence-electron chi connectivity index (χ4n) is 4.85. The maximum absolute atomic E-state index is 13.0. The van der Waals surface area contributed by atoms with Crippen molar-refractivity contribution in [1.82, 2.24) is 20.3 Å². The first kappa shape index (κ1) is 22.4. The molecule has 3 aromatic rings. The lowest BCUT2D eigenvalue weighted by molar-refractivity contribution is -0.157. The lowest BCUT2D eigenvalue weighted by atomic mass is 10.1. The Balaban J connectivity index is 1.14. The molecule has 6 heterocycles. The standard InChI is InChI=1S/C23H27N7O4S/c1-11-6-26-18-17(25)19(35-22(18)27-11)20(31)28-14-5-13-3-4-16(29-21(13)32-9-14)30-7-15(24)23(10-30)33-8-12(2)34-23/h3-4,6,12,14-15H,5,7-10,24-25H2,1-2H3,(H,28,31). The fraction of sp³-hybridized carbons (Fsp3) is 0.478. The van der Waals surface area contributed by atoms with Crippen molar-refractivity contribution in [2.75, 3.05) is 36.9 Å². The van der Waals surface area contributed by atoms with E-state index < -0.39 is 5.79 Å². The Labute approximate surface area is 205 Å². The molecule has 0 saturated carbocycles. The second-order valence-corrected chi connectivity index (χ2v) is 10.4. The van der Waals surface area contributed by atoms with Gasteiger partial charge in [-0.2, -0.15) is 4.98 Å². The molecule has 5 N–H and O–H groups in total. The van der Waals surface area contributed by atoms with Crippen molar-refractivity contribution in [2.24, 2.45) is 5.73 Å². The summed E-state index contributed by atoms with van der Waals surface area (Å²) in [7, 11) is 0. The Bertz CT molecular complexity index is 1320. The summed E-state index contributed by atoms with van der Waals surface area (Å²) in [5.74, 6) is 0.285. The van der Waals surface area contributed by atoms with E-state index in [0.717, 1.165) is 17.1 Å². The zero-order valence-corrected chi connectivity index (χ0v) is 20.3. The van der Waals surface area contributed by atoms with Gasteiger partial charge in [-0.1, -0.05) is 0 Å². The molecule has 1 spiro atoms. The van der Waals surface area contributed by atoms with Crippen LogP contribution in [0.4, 0.5) is 11.5 Å². The van der Waals surface area contributed by atoms with Gasteiger partial charge in [-0.15, -0.1) is 11.3 Å². The molecule has 11 nitrogen and oxygen atoms in total. The van der Waals surface area contributed by atoms with Crippen LogP contribution < -0.4 is 26.4 Å². The van der Waals surface area contributed by atoms with E-state index in [2.05, 4.69) is 20.2 Å². The minimum absolute atomic E-state index is 0.0209. The van der Waals surface area contributed by atoms with Crippen LogP contribution in [0.2, 0.25) is 0 Å². The summed E-state index contributed by atoms with van der Waals surface area (Å²) in [6, 6.07) is 3.46. The molecule has 3 aromatic heterocycles. The number of nitrogens with two attached hydrogens (primary N) is 2. The van der Waals surface area contributed by atoms with E-state index in [0.29, 0.717) is 59.5 Å². The number of hydrogen-bond donors (Lipinski definition) is 3. The number of nitrogens with one attached hydrogen (secondary N) is 1. The van der Waals surface area contributed by atoms with Crippen molar-refractivity contribution in [3.8, 4) is 5.88 Å². The van der Waals surface area contributed by atoms with Crippen LogP contribution in [0, 0.1) is 6.92 Å². The van der Waals surface area contributed by atoms with Gasteiger partial charge in [-0.3, -0.25) is 4.79 Å². The summed E-state index contributed by atoms with van der Waals surface area (Å²) in [4.78, 5) is 29.5. The highest BCUT2D eigenvalue weighted by Gasteiger charge is 2.52. The summed E-state index contributed by atoms with van der Waals surface area (Å²) in [6.45, 7) is 5.77. The second-order valence-electron chi connectivity index (χ2n) is 9.37. The van der Waals surface area contributed by atoms with Crippen LogP contribution >= 0.6 is 11.3 Å². The van der Waals surface area contributed by atoms with Gasteiger partial charge in [-0.25, -0.2) is 9.97 Å². The molecule has 0 bridgehead atoms. The largest absolute Gasteiger partial charge is 0.475 e. The number of amides is 1. The van der Waals surface area contributed by atoms with Crippen molar-refractivity contribution >= 4 is 39.1 Å². The van der Waals surface area contributed by atoms with Gasteiger partial charge in [0.05, 0.1) is 42.7 Å². The van der Waals surface area contributed by atoms with Crippen molar-refractivity contribution in [1.29, 1.82) is 0 Å². The minimum atomic E-state index is -0.786. The molecule has 3 aliphatic heterocycles. The molecule has 184 valence electrons. The number of aromatic nitrogens is 3. The predicted molar refractivity (Wildman–Crippen MR) is 131 cm³/mol. The van der Waals surface area contributed by atoms with E-state index in [1.54, 1.807) is 6.20 Å². The predicted octanol–water partition coefficient (Wildman–Crippen LogP) is 0.989. The van der Waals surface area contributed by atoms with E-state index in [1.165, 1.54) is 11.3 Å². The van der Waals surface area contributed by atoms with Gasteiger partial charge in [0.2, 0.25) is 11.7 Å². The highest BCUT2D eigenvalue weighted by atomic mass is 32.1. The number of carbonyl (C=O) groups is 1. The first-order valence-electron chi connectivity index (χ1n) is 11.6. The third kappa shape index (κ3) is 3.86. The Kier molecular flexibility index (Phi) is 5.29. The number of rotatable bonds is 3. The Hall–Kier alpha value is -3.06. The Morgan fingerprint density at radius 3 is 2.97 bits per heavy atom. The first-order chi connectivity index (χ1) is 16.8. The van der Waals surface area contributed by atoms with Gasteiger partial charge >= 0.3 is 0 Å². The van der Waals surface area contributed by atoms with E-state index in [1.807, 2.05) is 26.0 Å². The lowest BCUT2D eigenvalue weighted by Gasteiger charge is -2.27. The maximum Gasteiger partial charge on any atom is 0.263 e. The third-order valence-corrected chi connectivity index (χ3v) is 7.68. The van der Waals surface area contributed by atoms with Crippen molar-refractivity contribution in [3.63, 3.8) is 0 Å². The molecule has 6 rings (SSSR count). The van der Waals surface area contributed by atoms with Crippen molar-refractivity contribution in [3.05, 3.63) is 34.5 Å². The summed E-state index contributed by atoms with van der Waals surface area (Å²) in [5.41, 5.74) is 15.1. The van der Waals surface area contributed by atoms with Gasteiger partial charge in [0.1, 0.15) is 27.6 Å². The SMILES string of the molecule is Cc1cnc2c(N)c(C(=O)NC3COc4nc(N5CC(N)C6(C5)OCC(C)O6)ccc4C3)sc2n1. The Morgan fingerprint density at radius 2 is 2.17 bits per heavy atom. The van der Waals surface area contributed by atoms with Crippen LogP contribution in [0.1, 0.15) is 27.9 Å². The number of thiophene rings is 1. The van der Waals surface area contributed by atoms with Gasteiger partial charge in [-0.05, 0) is 26.0 Å². The van der Waals surface area contributed by atoms with Crippen LogP contribution in [-0.4, -0.2) is 71.1 Å². The molecule has 2 fully saturated rings. The summed E-state index contributed by atoms with van der Waals surface area (Å²) >= 11 is 1.24. The molecule has 12 heteroatoms. The third-order valence-electron chi connectivity index (χ3n) is 6.59. The maximum atomic E-state index is 13.0. The molecule has 0 radical (unpaired) electrons. The number of nitrogen functional groups attached to an aromatic ring is 1. The van der Waals surface area contributed by atoms with E-state index >= 15 is 0 Å². The van der Waals surface area contributed by atoms with Gasteiger partial charge < -0.3 is 35.9 Å². The van der Waals surface area contributed by atoms with Crippen LogP contribution in [0.3, 0.4) is 0 Å². The number of aryl methyl sites for hydroxylation is 1. The normalized spacial score (nSPS) is 27.9. The molecule has 2 saturated heterocycles. The van der Waals surface area contributed by atoms with E-state index in [4.69, 9.17) is 30.7 Å². The van der Waals surface area contributed by atoms with Crippen molar-refractivity contribution < 1.29 is 19.0 Å². The highest BCUT2D eigenvalue weighted by molar-refractivity contribution is 7.21. The smallest absolute Gasteiger partial charge is 0.263 e. The number of hydrogen-bond acceptors (Lipinski definition) is 11. The monoisotopic (exact) mass is 497 g/mol. The van der Waals surface area contributed by atoms with Gasteiger partial charge in [0.25, 0.3) is 5.91 Å². The number of fused-ring (bicyclic) bond motifs is 2. The first-order valence-corrected chi connectivity index (χ1v) is 12.4. The summed E-state index contributed by atoms with van der Waals surface area (Å²) < 4.78 is 17.9. The number of nitrogens with zero attached hydrogens (tertiary/aromatic N) is 4. The highest BCUT2D eigenvalue weighted by Crippen LogP contribution is 2.36. The lowest BCUT2D eigenvalue weighted by Crippen LogP contribution is -2.48. The molecule has 4 atom stereocenters. The van der Waals surface area contributed by atoms with Gasteiger partial charge in [0, 0.05) is 24.7 Å². The quantitative estimate of drug-likeness (QED) is 0.478. The van der Waals surface area contributed by atoms with Crippen LogP contribution in [0.25, 0.3) is 10.3 Å².